The van der Waals surface area contributed by atoms with Crippen molar-refractivity contribution in [2.45, 2.75) is 23.9 Å². The van der Waals surface area contributed by atoms with Gasteiger partial charge in [-0.15, -0.1) is 0 Å². The molecule has 0 spiro atoms. The zero-order chi connectivity index (χ0) is 15.4. The van der Waals surface area contributed by atoms with Gasteiger partial charge < -0.3 is 15.5 Å². The highest BCUT2D eigenvalue weighted by Gasteiger charge is 2.15. The van der Waals surface area contributed by atoms with Gasteiger partial charge in [-0.2, -0.15) is 0 Å². The number of aromatic nitrogens is 2. The number of carbonyl (C=O) groups is 1. The highest BCUT2D eigenvalue weighted by atomic mass is 32.2. The summed E-state index contributed by atoms with van der Waals surface area (Å²) >= 11 is 1.18. The lowest BCUT2D eigenvalue weighted by molar-refractivity contribution is 0.0522. The first-order valence-corrected chi connectivity index (χ1v) is 7.13. The first kappa shape index (κ1) is 15.1. The fourth-order valence-corrected chi connectivity index (χ4v) is 2.65. The molecule has 0 radical (unpaired) electrons. The van der Waals surface area contributed by atoms with Crippen LogP contribution in [0.15, 0.2) is 39.1 Å². The minimum absolute atomic E-state index is 0.238. The van der Waals surface area contributed by atoms with Crippen LogP contribution in [0.4, 0.5) is 5.69 Å². The summed E-state index contributed by atoms with van der Waals surface area (Å²) in [4.78, 5) is 30.9. The lowest BCUT2D eigenvalue weighted by Gasteiger charge is -2.09. The number of rotatable bonds is 4. The lowest BCUT2D eigenvalue weighted by Crippen LogP contribution is -2.09. The summed E-state index contributed by atoms with van der Waals surface area (Å²) in [6, 6.07) is 6.33. The Morgan fingerprint density at radius 1 is 1.43 bits per heavy atom. The summed E-state index contributed by atoms with van der Waals surface area (Å²) in [5.41, 5.74) is 6.90. The molecule has 3 N–H and O–H groups in total. The molecule has 0 bridgehead atoms. The Labute approximate surface area is 125 Å². The van der Waals surface area contributed by atoms with E-state index >= 15 is 0 Å². The van der Waals surface area contributed by atoms with Crippen molar-refractivity contribution in [2.24, 2.45) is 0 Å². The smallest absolute Gasteiger partial charge is 0.339 e. The normalized spacial score (nSPS) is 10.4. The van der Waals surface area contributed by atoms with E-state index in [0.29, 0.717) is 27.0 Å². The van der Waals surface area contributed by atoms with Gasteiger partial charge in [-0.3, -0.25) is 4.79 Å². The van der Waals surface area contributed by atoms with Gasteiger partial charge in [0.1, 0.15) is 0 Å². The molecule has 6 nitrogen and oxygen atoms in total. The Morgan fingerprint density at radius 3 is 2.86 bits per heavy atom. The van der Waals surface area contributed by atoms with E-state index in [1.807, 2.05) is 0 Å². The van der Waals surface area contributed by atoms with Crippen molar-refractivity contribution >= 4 is 23.4 Å². The monoisotopic (exact) mass is 305 g/mol. The Bertz CT molecular complexity index is 728. The number of ether oxygens (including phenoxy) is 1. The molecule has 110 valence electrons. The van der Waals surface area contributed by atoms with Crippen LogP contribution in [0.5, 0.6) is 0 Å². The van der Waals surface area contributed by atoms with Crippen LogP contribution in [0.25, 0.3) is 0 Å². The Balaban J connectivity index is 2.39. The van der Waals surface area contributed by atoms with Crippen molar-refractivity contribution < 1.29 is 9.53 Å². The number of hydrogen-bond donors (Lipinski definition) is 2. The number of carbonyl (C=O) groups excluding carboxylic acids is 1. The third kappa shape index (κ3) is 3.85. The van der Waals surface area contributed by atoms with Gasteiger partial charge in [-0.25, -0.2) is 9.78 Å². The number of H-pyrrole nitrogens is 1. The molecular formula is C14H15N3O3S. The van der Waals surface area contributed by atoms with Crippen LogP contribution < -0.4 is 11.3 Å². The molecule has 0 aliphatic rings. The van der Waals surface area contributed by atoms with Gasteiger partial charge in [-0.05, 0) is 32.0 Å². The molecule has 1 aromatic heterocycles. The zero-order valence-electron chi connectivity index (χ0n) is 11.7. The van der Waals surface area contributed by atoms with Crippen LogP contribution in [-0.2, 0) is 4.74 Å². The van der Waals surface area contributed by atoms with Crippen molar-refractivity contribution in [1.82, 2.24) is 9.97 Å². The average Bonchev–Trinajstić information content (AvgIpc) is 2.40. The van der Waals surface area contributed by atoms with E-state index in [4.69, 9.17) is 10.5 Å². The van der Waals surface area contributed by atoms with Crippen molar-refractivity contribution in [1.29, 1.82) is 0 Å². The Hall–Kier alpha value is -2.28. The van der Waals surface area contributed by atoms with Crippen molar-refractivity contribution in [3.8, 4) is 0 Å². The van der Waals surface area contributed by atoms with Crippen LogP contribution in [0.2, 0.25) is 0 Å². The molecule has 0 fully saturated rings. The van der Waals surface area contributed by atoms with Crippen molar-refractivity contribution in [3.63, 3.8) is 0 Å². The standard InChI is InChI=1S/C14H15N3O3S/c1-3-20-13(19)10-7-9(15)4-5-11(10)21-14-16-8(2)6-12(18)17-14/h4-7H,3,15H2,1-2H3,(H,16,17,18). The van der Waals surface area contributed by atoms with Gasteiger partial charge in [0.2, 0.25) is 0 Å². The number of nitrogens with zero attached hydrogens (tertiary/aromatic N) is 1. The number of esters is 1. The molecule has 0 atom stereocenters. The van der Waals surface area contributed by atoms with Gasteiger partial charge in [0, 0.05) is 22.3 Å². The molecule has 1 heterocycles. The van der Waals surface area contributed by atoms with Crippen LogP contribution in [0.3, 0.4) is 0 Å². The molecule has 0 saturated carbocycles. The maximum Gasteiger partial charge on any atom is 0.339 e. The van der Waals surface area contributed by atoms with Gasteiger partial charge in [0.25, 0.3) is 5.56 Å². The maximum absolute atomic E-state index is 12.0. The fraction of sp³-hybridized carbons (Fsp3) is 0.214. The maximum atomic E-state index is 12.0. The summed E-state index contributed by atoms with van der Waals surface area (Å²) in [7, 11) is 0. The third-order valence-electron chi connectivity index (χ3n) is 2.55. The second-order valence-corrected chi connectivity index (χ2v) is 5.30. The topological polar surface area (TPSA) is 98.1 Å². The number of aromatic amines is 1. The average molecular weight is 305 g/mol. The molecule has 0 aliphatic heterocycles. The molecule has 0 saturated heterocycles. The highest BCUT2D eigenvalue weighted by Crippen LogP contribution is 2.29. The molecule has 21 heavy (non-hydrogen) atoms. The van der Waals surface area contributed by atoms with Crippen LogP contribution in [0, 0.1) is 6.92 Å². The number of nitrogens with two attached hydrogens (primary N) is 1. The summed E-state index contributed by atoms with van der Waals surface area (Å²) in [5, 5.41) is 0.412. The first-order chi connectivity index (χ1) is 9.99. The molecular weight excluding hydrogens is 290 g/mol. The molecule has 2 rings (SSSR count). The van der Waals surface area contributed by atoms with Crippen molar-refractivity contribution in [3.05, 3.63) is 45.9 Å². The third-order valence-corrected chi connectivity index (χ3v) is 3.52. The molecule has 0 amide bonds. The number of nitrogens with one attached hydrogen (secondary N) is 1. The second kappa shape index (κ2) is 6.45. The molecule has 2 aromatic rings. The van der Waals surface area contributed by atoms with Gasteiger partial charge >= 0.3 is 5.97 Å². The SMILES string of the molecule is CCOC(=O)c1cc(N)ccc1Sc1nc(C)cc(=O)[nH]1. The summed E-state index contributed by atoms with van der Waals surface area (Å²) in [6.07, 6.45) is 0. The fourth-order valence-electron chi connectivity index (χ4n) is 1.71. The van der Waals surface area contributed by atoms with Crippen molar-refractivity contribution in [2.75, 3.05) is 12.3 Å². The van der Waals surface area contributed by atoms with E-state index in [9.17, 15) is 9.59 Å². The summed E-state index contributed by atoms with van der Waals surface area (Å²) in [5.74, 6) is -0.456. The van der Waals surface area contributed by atoms with Crippen LogP contribution in [-0.4, -0.2) is 22.5 Å². The molecule has 0 unspecified atom stereocenters. The van der Waals surface area contributed by atoms with Crippen LogP contribution in [0.1, 0.15) is 23.0 Å². The minimum atomic E-state index is -0.456. The van der Waals surface area contributed by atoms with E-state index in [0.717, 1.165) is 0 Å². The number of benzene rings is 1. The number of anilines is 1. The van der Waals surface area contributed by atoms with E-state index in [1.165, 1.54) is 17.8 Å². The second-order valence-electron chi connectivity index (χ2n) is 4.27. The summed E-state index contributed by atoms with van der Waals surface area (Å²) < 4.78 is 5.01. The quantitative estimate of drug-likeness (QED) is 0.509. The van der Waals surface area contributed by atoms with E-state index < -0.39 is 5.97 Å². The lowest BCUT2D eigenvalue weighted by atomic mass is 10.2. The Kier molecular flexibility index (Phi) is 4.64. The first-order valence-electron chi connectivity index (χ1n) is 6.32. The minimum Gasteiger partial charge on any atom is -0.462 e. The number of aryl methyl sites for hydroxylation is 1. The zero-order valence-corrected chi connectivity index (χ0v) is 12.5. The molecule has 1 aromatic carbocycles. The van der Waals surface area contributed by atoms with E-state index in [1.54, 1.807) is 32.0 Å². The van der Waals surface area contributed by atoms with Crippen LogP contribution >= 0.6 is 11.8 Å². The predicted molar refractivity (Wildman–Crippen MR) is 80.5 cm³/mol. The molecule has 7 heteroatoms. The number of nitrogen functional groups attached to an aromatic ring is 1. The number of hydrogen-bond acceptors (Lipinski definition) is 6. The highest BCUT2D eigenvalue weighted by molar-refractivity contribution is 7.99. The van der Waals surface area contributed by atoms with Gasteiger partial charge in [0.15, 0.2) is 5.16 Å². The molecule has 0 aliphatic carbocycles. The van der Waals surface area contributed by atoms with E-state index in [2.05, 4.69) is 9.97 Å². The predicted octanol–water partition coefficient (Wildman–Crippen LogP) is 1.99. The van der Waals surface area contributed by atoms with E-state index in [-0.39, 0.29) is 12.2 Å². The van der Waals surface area contributed by atoms with Gasteiger partial charge in [0.05, 0.1) is 12.2 Å². The summed E-state index contributed by atoms with van der Waals surface area (Å²) in [6.45, 7) is 3.74. The Morgan fingerprint density at radius 2 is 2.19 bits per heavy atom. The largest absolute Gasteiger partial charge is 0.462 e. The van der Waals surface area contributed by atoms with Gasteiger partial charge in [-0.1, -0.05) is 11.8 Å².